The second-order valence-electron chi connectivity index (χ2n) is 3.50. The zero-order chi connectivity index (χ0) is 13.0. The summed E-state index contributed by atoms with van der Waals surface area (Å²) < 4.78 is 0.588. The first kappa shape index (κ1) is 13.0. The summed E-state index contributed by atoms with van der Waals surface area (Å²) in [6, 6.07) is 7.35. The fourth-order valence-electron chi connectivity index (χ4n) is 1.34. The molecule has 1 aromatic heterocycles. The van der Waals surface area contributed by atoms with Crippen molar-refractivity contribution >= 4 is 33.4 Å². The number of rotatable bonds is 3. The van der Waals surface area contributed by atoms with Crippen molar-refractivity contribution < 1.29 is 4.79 Å². The van der Waals surface area contributed by atoms with Gasteiger partial charge in [0, 0.05) is 11.6 Å². The van der Waals surface area contributed by atoms with Gasteiger partial charge in [0.05, 0.1) is 12.4 Å². The minimum Gasteiger partial charge on any atom is -0.347 e. The summed E-state index contributed by atoms with van der Waals surface area (Å²) in [6.45, 7) is 0.357. The van der Waals surface area contributed by atoms with Crippen molar-refractivity contribution in [1.29, 1.82) is 0 Å². The zero-order valence-electron chi connectivity index (χ0n) is 9.23. The van der Waals surface area contributed by atoms with Gasteiger partial charge in [-0.1, -0.05) is 29.8 Å². The molecular formula is C12H9BrClN3O. The van der Waals surface area contributed by atoms with Crippen molar-refractivity contribution in [2.45, 2.75) is 6.54 Å². The molecule has 0 atom stereocenters. The average molecular weight is 327 g/mol. The molecule has 0 aliphatic carbocycles. The van der Waals surface area contributed by atoms with Gasteiger partial charge in [-0.15, -0.1) is 0 Å². The van der Waals surface area contributed by atoms with Gasteiger partial charge in [0.15, 0.2) is 0 Å². The van der Waals surface area contributed by atoms with Crippen LogP contribution in [-0.4, -0.2) is 15.9 Å². The molecule has 2 rings (SSSR count). The Labute approximate surface area is 118 Å². The maximum Gasteiger partial charge on any atom is 0.271 e. The third-order valence-corrected chi connectivity index (χ3v) is 3.03. The van der Waals surface area contributed by atoms with Crippen LogP contribution in [0.2, 0.25) is 5.02 Å². The molecule has 1 N–H and O–H groups in total. The number of nitrogens with one attached hydrogen (secondary N) is 1. The van der Waals surface area contributed by atoms with Gasteiger partial charge < -0.3 is 5.32 Å². The molecule has 18 heavy (non-hydrogen) atoms. The number of aromatic nitrogens is 2. The fraction of sp³-hybridized carbons (Fsp3) is 0.0833. The molecule has 0 aliphatic heterocycles. The van der Waals surface area contributed by atoms with E-state index in [0.29, 0.717) is 16.2 Å². The van der Waals surface area contributed by atoms with Gasteiger partial charge in [-0.05, 0) is 27.6 Å². The summed E-state index contributed by atoms with van der Waals surface area (Å²) in [4.78, 5) is 19.7. The van der Waals surface area contributed by atoms with E-state index in [1.54, 1.807) is 6.07 Å². The maximum atomic E-state index is 11.8. The van der Waals surface area contributed by atoms with Crippen molar-refractivity contribution in [2.75, 3.05) is 0 Å². The molecule has 92 valence electrons. The van der Waals surface area contributed by atoms with Gasteiger partial charge in [0.25, 0.3) is 5.91 Å². The number of carbonyl (C=O) groups is 1. The molecule has 0 saturated carbocycles. The van der Waals surface area contributed by atoms with E-state index in [1.165, 1.54) is 12.4 Å². The topological polar surface area (TPSA) is 54.9 Å². The van der Waals surface area contributed by atoms with Crippen molar-refractivity contribution in [3.05, 3.63) is 57.5 Å². The minimum atomic E-state index is -0.282. The first-order chi connectivity index (χ1) is 8.66. The van der Waals surface area contributed by atoms with E-state index in [0.717, 1.165) is 5.56 Å². The third-order valence-electron chi connectivity index (χ3n) is 2.25. The van der Waals surface area contributed by atoms with Crippen molar-refractivity contribution in [3.8, 4) is 0 Å². The van der Waals surface area contributed by atoms with Gasteiger partial charge in [0.1, 0.15) is 10.3 Å². The molecule has 0 saturated heterocycles. The Morgan fingerprint density at radius 2 is 2.06 bits per heavy atom. The Morgan fingerprint density at radius 3 is 2.72 bits per heavy atom. The standard InChI is InChI=1S/C12H9BrClN3O/c13-11-7-15-10(6-16-11)12(18)17-5-8-3-1-2-4-9(8)14/h1-4,6-7H,5H2,(H,17,18). The second kappa shape index (κ2) is 5.93. The first-order valence-electron chi connectivity index (χ1n) is 5.16. The van der Waals surface area contributed by atoms with Crippen molar-refractivity contribution in [2.24, 2.45) is 0 Å². The SMILES string of the molecule is O=C(NCc1ccccc1Cl)c1cnc(Br)cn1. The molecule has 0 bridgehead atoms. The molecule has 0 spiro atoms. The maximum absolute atomic E-state index is 11.8. The van der Waals surface area contributed by atoms with Gasteiger partial charge in [0.2, 0.25) is 0 Å². The Balaban J connectivity index is 2.01. The van der Waals surface area contributed by atoms with Crippen LogP contribution in [0, 0.1) is 0 Å². The van der Waals surface area contributed by atoms with Gasteiger partial charge in [-0.3, -0.25) is 4.79 Å². The van der Waals surface area contributed by atoms with E-state index in [1.807, 2.05) is 18.2 Å². The van der Waals surface area contributed by atoms with Crippen LogP contribution in [0.1, 0.15) is 16.1 Å². The average Bonchev–Trinajstić information content (AvgIpc) is 2.38. The normalized spacial score (nSPS) is 10.1. The molecule has 0 fully saturated rings. The highest BCUT2D eigenvalue weighted by molar-refractivity contribution is 9.10. The second-order valence-corrected chi connectivity index (χ2v) is 4.72. The molecular weight excluding hydrogens is 318 g/mol. The Morgan fingerprint density at radius 1 is 1.28 bits per heavy atom. The lowest BCUT2D eigenvalue weighted by Gasteiger charge is -2.06. The zero-order valence-corrected chi connectivity index (χ0v) is 11.6. The first-order valence-corrected chi connectivity index (χ1v) is 6.33. The number of nitrogens with zero attached hydrogens (tertiary/aromatic N) is 2. The summed E-state index contributed by atoms with van der Waals surface area (Å²) in [5.41, 5.74) is 1.13. The van der Waals surface area contributed by atoms with Crippen LogP contribution in [-0.2, 0) is 6.54 Å². The number of benzene rings is 1. The quantitative estimate of drug-likeness (QED) is 0.943. The Kier molecular flexibility index (Phi) is 4.28. The molecule has 0 unspecified atom stereocenters. The van der Waals surface area contributed by atoms with E-state index in [4.69, 9.17) is 11.6 Å². The van der Waals surface area contributed by atoms with Crippen LogP contribution in [0.5, 0.6) is 0 Å². The predicted octanol–water partition coefficient (Wildman–Crippen LogP) is 2.82. The van der Waals surface area contributed by atoms with Gasteiger partial charge >= 0.3 is 0 Å². The van der Waals surface area contributed by atoms with Crippen molar-refractivity contribution in [1.82, 2.24) is 15.3 Å². The largest absolute Gasteiger partial charge is 0.347 e. The lowest BCUT2D eigenvalue weighted by molar-refractivity contribution is 0.0945. The van der Waals surface area contributed by atoms with Gasteiger partial charge in [-0.2, -0.15) is 0 Å². The Hall–Kier alpha value is -1.46. The van der Waals surface area contributed by atoms with E-state index in [-0.39, 0.29) is 11.6 Å². The molecule has 2 aromatic rings. The monoisotopic (exact) mass is 325 g/mol. The predicted molar refractivity (Wildman–Crippen MR) is 72.4 cm³/mol. The fourth-order valence-corrected chi connectivity index (χ4v) is 1.74. The van der Waals surface area contributed by atoms with Crippen LogP contribution < -0.4 is 5.32 Å². The summed E-state index contributed by atoms with van der Waals surface area (Å²) in [7, 11) is 0. The molecule has 1 aromatic carbocycles. The molecule has 0 radical (unpaired) electrons. The molecule has 1 heterocycles. The minimum absolute atomic E-state index is 0.269. The van der Waals surface area contributed by atoms with E-state index < -0.39 is 0 Å². The highest BCUT2D eigenvalue weighted by atomic mass is 79.9. The molecule has 0 aliphatic rings. The van der Waals surface area contributed by atoms with Crippen molar-refractivity contribution in [3.63, 3.8) is 0 Å². The summed E-state index contributed by atoms with van der Waals surface area (Å²) in [5, 5.41) is 3.36. The Bertz CT molecular complexity index is 560. The van der Waals surface area contributed by atoms with Crippen LogP contribution in [0.15, 0.2) is 41.3 Å². The number of hydrogen-bond donors (Lipinski definition) is 1. The third kappa shape index (κ3) is 3.27. The smallest absolute Gasteiger partial charge is 0.271 e. The van der Waals surface area contributed by atoms with Crippen LogP contribution in [0.4, 0.5) is 0 Å². The molecule has 1 amide bonds. The summed E-state index contributed by atoms with van der Waals surface area (Å²) in [5.74, 6) is -0.282. The number of hydrogen-bond acceptors (Lipinski definition) is 3. The van der Waals surface area contributed by atoms with Crippen LogP contribution in [0.25, 0.3) is 0 Å². The van der Waals surface area contributed by atoms with Gasteiger partial charge in [-0.25, -0.2) is 9.97 Å². The highest BCUT2D eigenvalue weighted by Crippen LogP contribution is 2.14. The lowest BCUT2D eigenvalue weighted by atomic mass is 10.2. The summed E-state index contributed by atoms with van der Waals surface area (Å²) in [6.07, 6.45) is 2.89. The lowest BCUT2D eigenvalue weighted by Crippen LogP contribution is -2.24. The number of halogens is 2. The summed E-state index contributed by atoms with van der Waals surface area (Å²) >= 11 is 9.15. The van der Waals surface area contributed by atoms with E-state index in [2.05, 4.69) is 31.2 Å². The number of carbonyl (C=O) groups excluding carboxylic acids is 1. The van der Waals surface area contributed by atoms with E-state index >= 15 is 0 Å². The molecule has 6 heteroatoms. The molecule has 4 nitrogen and oxygen atoms in total. The van der Waals surface area contributed by atoms with Crippen LogP contribution >= 0.6 is 27.5 Å². The highest BCUT2D eigenvalue weighted by Gasteiger charge is 2.08. The number of amides is 1. The van der Waals surface area contributed by atoms with Crippen LogP contribution in [0.3, 0.4) is 0 Å². The van der Waals surface area contributed by atoms with E-state index in [9.17, 15) is 4.79 Å².